The molecule has 0 atom stereocenters. The quantitative estimate of drug-likeness (QED) is 0.263. The van der Waals surface area contributed by atoms with Gasteiger partial charge < -0.3 is 4.74 Å². The number of aromatic nitrogens is 2. The van der Waals surface area contributed by atoms with E-state index >= 15 is 0 Å². The highest BCUT2D eigenvalue weighted by Gasteiger charge is 2.20. The zero-order valence-corrected chi connectivity index (χ0v) is 18.6. The lowest BCUT2D eigenvalue weighted by Gasteiger charge is -2.10. The molecule has 1 heterocycles. The second kappa shape index (κ2) is 9.36. The van der Waals surface area contributed by atoms with Gasteiger partial charge in [-0.15, -0.1) is 0 Å². The summed E-state index contributed by atoms with van der Waals surface area (Å²) in [4.78, 5) is 28.4. The molecule has 3 aromatic rings. The van der Waals surface area contributed by atoms with E-state index in [1.807, 2.05) is 13.0 Å². The molecule has 3 rings (SSSR count). The standard InChI is InChI=1S/C20H18BrClN4O4/c1-3-4-5-18-24-16-7-6-13(21)9-15(16)20(27)25(18)23-11-12-8-14(22)10-17(26(28)29)19(12)30-2/h6-11H,3-5H2,1-2H3. The number of fused-ring (bicyclic) bond motifs is 1. The van der Waals surface area contributed by atoms with Crippen molar-refractivity contribution in [3.63, 3.8) is 0 Å². The van der Waals surface area contributed by atoms with Crippen LogP contribution in [0.2, 0.25) is 5.02 Å². The van der Waals surface area contributed by atoms with Gasteiger partial charge in [0.2, 0.25) is 5.75 Å². The molecule has 0 spiro atoms. The highest BCUT2D eigenvalue weighted by Crippen LogP contribution is 2.33. The monoisotopic (exact) mass is 492 g/mol. The molecule has 0 saturated heterocycles. The number of aryl methyl sites for hydroxylation is 1. The maximum atomic E-state index is 13.1. The molecule has 0 aliphatic carbocycles. The van der Waals surface area contributed by atoms with Crippen molar-refractivity contribution in [3.8, 4) is 5.75 Å². The van der Waals surface area contributed by atoms with Crippen molar-refractivity contribution in [1.82, 2.24) is 9.66 Å². The zero-order chi connectivity index (χ0) is 21.8. The van der Waals surface area contributed by atoms with Crippen molar-refractivity contribution >= 4 is 50.3 Å². The van der Waals surface area contributed by atoms with Crippen molar-refractivity contribution < 1.29 is 9.66 Å². The van der Waals surface area contributed by atoms with Gasteiger partial charge in [-0.1, -0.05) is 40.9 Å². The first-order valence-corrected chi connectivity index (χ1v) is 10.3. The number of methoxy groups -OCH3 is 1. The molecule has 1 aromatic heterocycles. The number of nitrogens with zero attached hydrogens (tertiary/aromatic N) is 4. The molecule has 0 N–H and O–H groups in total. The number of ether oxygens (including phenoxy) is 1. The highest BCUT2D eigenvalue weighted by molar-refractivity contribution is 9.10. The molecule has 0 bridgehead atoms. The van der Waals surface area contributed by atoms with E-state index in [2.05, 4.69) is 26.0 Å². The summed E-state index contributed by atoms with van der Waals surface area (Å²) in [7, 11) is 1.32. The van der Waals surface area contributed by atoms with Gasteiger partial charge in [0.1, 0.15) is 5.82 Å². The Morgan fingerprint density at radius 1 is 1.37 bits per heavy atom. The van der Waals surface area contributed by atoms with Crippen LogP contribution in [0.4, 0.5) is 5.69 Å². The van der Waals surface area contributed by atoms with Crippen LogP contribution in [0.1, 0.15) is 31.2 Å². The Labute approximate surface area is 185 Å². The van der Waals surface area contributed by atoms with E-state index in [1.54, 1.807) is 12.1 Å². The lowest BCUT2D eigenvalue weighted by molar-refractivity contribution is -0.385. The van der Waals surface area contributed by atoms with E-state index in [0.717, 1.165) is 17.3 Å². The van der Waals surface area contributed by atoms with Crippen molar-refractivity contribution in [2.45, 2.75) is 26.2 Å². The van der Waals surface area contributed by atoms with Crippen LogP contribution in [0.5, 0.6) is 5.75 Å². The van der Waals surface area contributed by atoms with Gasteiger partial charge in [0.05, 0.1) is 29.2 Å². The van der Waals surface area contributed by atoms with E-state index in [1.165, 1.54) is 30.1 Å². The Morgan fingerprint density at radius 3 is 2.80 bits per heavy atom. The number of rotatable bonds is 7. The molecular formula is C20H18BrClN4O4. The largest absolute Gasteiger partial charge is 0.490 e. The van der Waals surface area contributed by atoms with Crippen molar-refractivity contribution in [3.05, 3.63) is 71.7 Å². The average Bonchev–Trinajstić information content (AvgIpc) is 2.71. The van der Waals surface area contributed by atoms with Gasteiger partial charge >= 0.3 is 5.69 Å². The number of unbranched alkanes of at least 4 members (excludes halogenated alkanes) is 1. The van der Waals surface area contributed by atoms with Crippen LogP contribution >= 0.6 is 27.5 Å². The van der Waals surface area contributed by atoms with E-state index < -0.39 is 4.92 Å². The van der Waals surface area contributed by atoms with Crippen LogP contribution in [0.25, 0.3) is 10.9 Å². The molecule has 10 heteroatoms. The molecule has 0 fully saturated rings. The molecule has 0 amide bonds. The summed E-state index contributed by atoms with van der Waals surface area (Å²) in [5, 5.41) is 16.2. The molecule has 156 valence electrons. The fourth-order valence-corrected chi connectivity index (χ4v) is 3.57. The topological polar surface area (TPSA) is 99.6 Å². The summed E-state index contributed by atoms with van der Waals surface area (Å²) in [5.41, 5.74) is 0.237. The second-order valence-corrected chi connectivity index (χ2v) is 7.81. The minimum atomic E-state index is -0.587. The van der Waals surface area contributed by atoms with Crippen LogP contribution in [-0.2, 0) is 6.42 Å². The van der Waals surface area contributed by atoms with E-state index in [-0.39, 0.29) is 27.6 Å². The van der Waals surface area contributed by atoms with Crippen molar-refractivity contribution in [1.29, 1.82) is 0 Å². The lowest BCUT2D eigenvalue weighted by Crippen LogP contribution is -2.22. The number of hydrogen-bond acceptors (Lipinski definition) is 6. The normalized spacial score (nSPS) is 11.3. The summed E-state index contributed by atoms with van der Waals surface area (Å²) in [5.74, 6) is 0.510. The SMILES string of the molecule is CCCCc1nc2ccc(Br)cc2c(=O)n1N=Cc1cc(Cl)cc([N+](=O)[O-])c1OC. The third-order valence-corrected chi connectivity index (χ3v) is 5.12. The molecule has 0 saturated carbocycles. The van der Waals surface area contributed by atoms with E-state index in [4.69, 9.17) is 16.3 Å². The number of hydrogen-bond donors (Lipinski definition) is 0. The summed E-state index contributed by atoms with van der Waals surface area (Å²) in [6.07, 6.45) is 3.63. The number of nitro groups is 1. The predicted octanol–water partition coefficient (Wildman–Crippen LogP) is 4.95. The molecule has 30 heavy (non-hydrogen) atoms. The number of halogens is 2. The van der Waals surface area contributed by atoms with Crippen LogP contribution in [-0.4, -0.2) is 27.9 Å². The van der Waals surface area contributed by atoms with Gasteiger partial charge in [-0.05, 0) is 30.7 Å². The lowest BCUT2D eigenvalue weighted by atomic mass is 10.2. The van der Waals surface area contributed by atoms with Gasteiger partial charge in [-0.3, -0.25) is 14.9 Å². The highest BCUT2D eigenvalue weighted by atomic mass is 79.9. The molecular weight excluding hydrogens is 476 g/mol. The van der Waals surface area contributed by atoms with Crippen LogP contribution < -0.4 is 10.3 Å². The third kappa shape index (κ3) is 4.52. The van der Waals surface area contributed by atoms with E-state index in [9.17, 15) is 14.9 Å². The molecule has 0 unspecified atom stereocenters. The fourth-order valence-electron chi connectivity index (χ4n) is 2.98. The first-order valence-electron chi connectivity index (χ1n) is 9.13. The van der Waals surface area contributed by atoms with Gasteiger partial charge in [0.25, 0.3) is 5.56 Å². The van der Waals surface area contributed by atoms with Gasteiger partial charge in [-0.2, -0.15) is 9.78 Å². The summed E-state index contributed by atoms with van der Waals surface area (Å²) in [6.45, 7) is 2.04. The Balaban J connectivity index is 2.19. The predicted molar refractivity (Wildman–Crippen MR) is 120 cm³/mol. The summed E-state index contributed by atoms with van der Waals surface area (Å²) in [6, 6.07) is 7.96. The zero-order valence-electron chi connectivity index (χ0n) is 16.3. The van der Waals surface area contributed by atoms with Gasteiger partial charge in [0, 0.05) is 27.5 Å². The summed E-state index contributed by atoms with van der Waals surface area (Å²) >= 11 is 9.39. The molecule has 0 radical (unpaired) electrons. The Bertz CT molecular complexity index is 1210. The van der Waals surface area contributed by atoms with Crippen LogP contribution in [0, 0.1) is 10.1 Å². The minimum Gasteiger partial charge on any atom is -0.490 e. The first kappa shape index (κ1) is 21.9. The van der Waals surface area contributed by atoms with Crippen LogP contribution in [0.3, 0.4) is 0 Å². The van der Waals surface area contributed by atoms with Gasteiger partial charge in [0.15, 0.2) is 0 Å². The number of nitro benzene ring substituents is 1. The second-order valence-electron chi connectivity index (χ2n) is 6.46. The maximum Gasteiger partial charge on any atom is 0.313 e. The summed E-state index contributed by atoms with van der Waals surface area (Å²) < 4.78 is 7.16. The van der Waals surface area contributed by atoms with Crippen LogP contribution in [0.15, 0.2) is 44.7 Å². The number of benzene rings is 2. The molecule has 8 nitrogen and oxygen atoms in total. The smallest absolute Gasteiger partial charge is 0.313 e. The fraction of sp³-hybridized carbons (Fsp3) is 0.250. The Hall–Kier alpha value is -2.78. The van der Waals surface area contributed by atoms with Crippen molar-refractivity contribution in [2.24, 2.45) is 5.10 Å². The van der Waals surface area contributed by atoms with Gasteiger partial charge in [-0.25, -0.2) is 4.98 Å². The minimum absolute atomic E-state index is 0.00722. The third-order valence-electron chi connectivity index (χ3n) is 4.41. The maximum absolute atomic E-state index is 13.1. The molecule has 2 aromatic carbocycles. The Kier molecular flexibility index (Phi) is 6.84. The first-order chi connectivity index (χ1) is 14.3. The average molecular weight is 494 g/mol. The molecule has 0 aliphatic heterocycles. The van der Waals surface area contributed by atoms with E-state index in [0.29, 0.717) is 23.1 Å². The Morgan fingerprint density at radius 2 is 2.13 bits per heavy atom. The van der Waals surface area contributed by atoms with Crippen molar-refractivity contribution in [2.75, 3.05) is 7.11 Å². The molecule has 0 aliphatic rings.